The molecule has 0 spiro atoms. The van der Waals surface area contributed by atoms with E-state index in [0.29, 0.717) is 0 Å². The molecule has 4 nitrogen and oxygen atoms in total. The van der Waals surface area contributed by atoms with Crippen molar-refractivity contribution >= 4 is 35.7 Å². The molecule has 0 saturated carbocycles. The van der Waals surface area contributed by atoms with Crippen LogP contribution in [0.15, 0.2) is 18.7 Å². The van der Waals surface area contributed by atoms with Crippen molar-refractivity contribution in [3.8, 4) is 0 Å². The average Bonchev–Trinajstić information content (AvgIpc) is 2.12. The quantitative estimate of drug-likeness (QED) is 0.501. The van der Waals surface area contributed by atoms with Gasteiger partial charge in [-0.15, -0.1) is 0 Å². The summed E-state index contributed by atoms with van der Waals surface area (Å²) in [5.41, 5.74) is 0. The zero-order valence-electron chi connectivity index (χ0n) is 3.98. The van der Waals surface area contributed by atoms with Crippen molar-refractivity contribution in [3.63, 3.8) is 0 Å². The van der Waals surface area contributed by atoms with Gasteiger partial charge in [0.15, 0.2) is 0 Å². The molecule has 1 aromatic rings. The first-order chi connectivity index (χ1) is 3.80. The van der Waals surface area contributed by atoms with Crippen LogP contribution in [0.2, 0.25) is 0 Å². The minimum atomic E-state index is -1.01. The van der Waals surface area contributed by atoms with Crippen LogP contribution < -0.4 is 0 Å². The van der Waals surface area contributed by atoms with Crippen LogP contribution in [0.3, 0.4) is 0 Å². The number of hydrogen-bond acceptors (Lipinski definition) is 2. The third-order valence-electron chi connectivity index (χ3n) is 0.725. The van der Waals surface area contributed by atoms with Gasteiger partial charge in [0.05, 0.1) is 0 Å². The fourth-order valence-corrected chi connectivity index (χ4v) is 0.372. The van der Waals surface area contributed by atoms with Crippen molar-refractivity contribution in [1.29, 1.82) is 0 Å². The van der Waals surface area contributed by atoms with Crippen molar-refractivity contribution in [1.82, 2.24) is 9.55 Å². The first-order valence-corrected chi connectivity index (χ1v) is 2.02. The fourth-order valence-electron chi connectivity index (χ4n) is 0.372. The molecule has 0 saturated heterocycles. The third kappa shape index (κ3) is 2.17. The Morgan fingerprint density at radius 3 is 2.56 bits per heavy atom. The number of carbonyl (C=O) groups is 1. The summed E-state index contributed by atoms with van der Waals surface area (Å²) in [6, 6.07) is 0. The number of aromatic nitrogens is 2. The summed E-state index contributed by atoms with van der Waals surface area (Å²) in [6.07, 6.45) is 2.99. The molecule has 9 heavy (non-hydrogen) atoms. The van der Waals surface area contributed by atoms with E-state index in [2.05, 4.69) is 4.98 Å². The Morgan fingerprint density at radius 2 is 2.33 bits per heavy atom. The molecular weight excluding hydrogens is 131 g/mol. The molecule has 1 N–H and O–H groups in total. The Morgan fingerprint density at radius 1 is 1.67 bits per heavy atom. The van der Waals surface area contributed by atoms with E-state index in [1.165, 1.54) is 18.7 Å². The monoisotopic (exact) mass is 136 g/mol. The Hall–Kier alpha value is -0.320. The van der Waals surface area contributed by atoms with Crippen molar-refractivity contribution < 1.29 is 9.90 Å². The normalized spacial score (nSPS) is 8.00. The molecule has 0 aliphatic carbocycles. The van der Waals surface area contributed by atoms with E-state index < -0.39 is 6.09 Å². The summed E-state index contributed by atoms with van der Waals surface area (Å²) in [4.78, 5) is 13.5. The van der Waals surface area contributed by atoms with Crippen molar-refractivity contribution in [2.45, 2.75) is 0 Å². The van der Waals surface area contributed by atoms with E-state index >= 15 is 0 Å². The number of carboxylic acid groups (broad SMARTS) is 1. The molecule has 5 heteroatoms. The minimum absolute atomic E-state index is 0. The predicted molar refractivity (Wildman–Crippen MR) is 32.8 cm³/mol. The molecule has 0 atom stereocenters. The van der Waals surface area contributed by atoms with Gasteiger partial charge >= 0.3 is 35.7 Å². The Kier molecular flexibility index (Phi) is 3.53. The molecular formula is C4H5N2NaO2. The average molecular weight is 136 g/mol. The SMILES string of the molecule is O=C(O)n1ccnc1.[NaH]. The first kappa shape index (κ1) is 8.68. The van der Waals surface area contributed by atoms with E-state index in [-0.39, 0.29) is 29.6 Å². The number of hydrogen-bond donors (Lipinski definition) is 1. The summed E-state index contributed by atoms with van der Waals surface area (Å²) in [7, 11) is 0. The van der Waals surface area contributed by atoms with Gasteiger partial charge in [0.1, 0.15) is 6.33 Å². The molecule has 1 heterocycles. The summed E-state index contributed by atoms with van der Waals surface area (Å²) in [5, 5.41) is 8.20. The standard InChI is InChI=1S/C4H4N2O2.Na.H/c7-4(8)6-2-1-5-3-6;;/h1-3H,(H,7,8);;. The molecule has 0 aromatic carbocycles. The van der Waals surface area contributed by atoms with Crippen molar-refractivity contribution in [3.05, 3.63) is 18.7 Å². The Labute approximate surface area is 73.8 Å². The molecule has 0 aliphatic heterocycles. The van der Waals surface area contributed by atoms with Gasteiger partial charge in [-0.3, -0.25) is 0 Å². The van der Waals surface area contributed by atoms with Crippen LogP contribution >= 0.6 is 0 Å². The number of rotatable bonds is 0. The summed E-state index contributed by atoms with van der Waals surface area (Å²) >= 11 is 0. The van der Waals surface area contributed by atoms with E-state index in [9.17, 15) is 4.79 Å². The molecule has 0 radical (unpaired) electrons. The maximum atomic E-state index is 9.98. The van der Waals surface area contributed by atoms with Crippen LogP contribution in [-0.2, 0) is 0 Å². The zero-order chi connectivity index (χ0) is 5.98. The van der Waals surface area contributed by atoms with Gasteiger partial charge < -0.3 is 5.11 Å². The van der Waals surface area contributed by atoms with Crippen LogP contribution in [0.1, 0.15) is 0 Å². The molecule has 44 valence electrons. The molecule has 0 aliphatic rings. The summed E-state index contributed by atoms with van der Waals surface area (Å²) < 4.78 is 0.972. The van der Waals surface area contributed by atoms with Crippen LogP contribution in [0.5, 0.6) is 0 Å². The second kappa shape index (κ2) is 3.66. The van der Waals surface area contributed by atoms with Crippen molar-refractivity contribution in [2.24, 2.45) is 0 Å². The molecule has 1 rings (SSSR count). The van der Waals surface area contributed by atoms with Crippen LogP contribution in [-0.4, -0.2) is 50.3 Å². The topological polar surface area (TPSA) is 55.1 Å². The first-order valence-electron chi connectivity index (χ1n) is 2.02. The molecule has 0 fully saturated rings. The summed E-state index contributed by atoms with van der Waals surface area (Å²) in [6.45, 7) is 0. The maximum absolute atomic E-state index is 9.98. The summed E-state index contributed by atoms with van der Waals surface area (Å²) in [5.74, 6) is 0. The van der Waals surface area contributed by atoms with E-state index in [1.54, 1.807) is 0 Å². The predicted octanol–water partition coefficient (Wildman–Crippen LogP) is -0.239. The Balaban J connectivity index is 0.000000640. The molecule has 1 aromatic heterocycles. The van der Waals surface area contributed by atoms with Gasteiger partial charge in [0.25, 0.3) is 0 Å². The number of nitrogens with zero attached hydrogens (tertiary/aromatic N) is 2. The Bertz CT molecular complexity index is 184. The van der Waals surface area contributed by atoms with Crippen LogP contribution in [0.4, 0.5) is 4.79 Å². The second-order valence-electron chi connectivity index (χ2n) is 1.25. The van der Waals surface area contributed by atoms with Crippen molar-refractivity contribution in [2.75, 3.05) is 0 Å². The molecule has 0 bridgehead atoms. The van der Waals surface area contributed by atoms with Crippen LogP contribution in [0, 0.1) is 0 Å². The van der Waals surface area contributed by atoms with E-state index in [1.807, 2.05) is 0 Å². The van der Waals surface area contributed by atoms with E-state index in [0.717, 1.165) is 4.57 Å². The van der Waals surface area contributed by atoms with Crippen LogP contribution in [0.25, 0.3) is 0 Å². The zero-order valence-corrected chi connectivity index (χ0v) is 3.98. The van der Waals surface area contributed by atoms with Gasteiger partial charge in [0, 0.05) is 12.4 Å². The molecule has 0 amide bonds. The third-order valence-corrected chi connectivity index (χ3v) is 0.725. The van der Waals surface area contributed by atoms with Gasteiger partial charge in [-0.2, -0.15) is 0 Å². The molecule has 0 unspecified atom stereocenters. The van der Waals surface area contributed by atoms with Gasteiger partial charge in [-0.25, -0.2) is 14.3 Å². The fraction of sp³-hybridized carbons (Fsp3) is 0. The number of imidazole rings is 1. The van der Waals surface area contributed by atoms with Gasteiger partial charge in [-0.05, 0) is 0 Å². The van der Waals surface area contributed by atoms with E-state index in [4.69, 9.17) is 5.11 Å². The second-order valence-corrected chi connectivity index (χ2v) is 1.25. The van der Waals surface area contributed by atoms with Gasteiger partial charge in [0.2, 0.25) is 0 Å². The van der Waals surface area contributed by atoms with Gasteiger partial charge in [-0.1, -0.05) is 0 Å².